The first-order valence-electron chi connectivity index (χ1n) is 6.15. The molecule has 2 N–H and O–H groups in total. The molecule has 0 heterocycles. The summed E-state index contributed by atoms with van der Waals surface area (Å²) >= 11 is 7.30. The van der Waals surface area contributed by atoms with Gasteiger partial charge in [-0.2, -0.15) is 0 Å². The number of thioether (sulfide) groups is 1. The Morgan fingerprint density at radius 3 is 2.53 bits per heavy atom. The molecule has 0 fully saturated rings. The first kappa shape index (κ1) is 16.3. The third-order valence-corrected chi connectivity index (χ3v) is 4.03. The molecule has 0 aliphatic rings. The first-order chi connectivity index (χ1) is 8.84. The molecule has 0 radical (unpaired) electrons. The predicted octanol–water partition coefficient (Wildman–Crippen LogP) is 2.96. The van der Waals surface area contributed by atoms with Gasteiger partial charge in [-0.3, -0.25) is 4.79 Å². The van der Waals surface area contributed by atoms with Gasteiger partial charge in [0.1, 0.15) is 0 Å². The molecule has 1 rings (SSSR count). The summed E-state index contributed by atoms with van der Waals surface area (Å²) in [6.45, 7) is 6.19. The second-order valence-corrected chi connectivity index (χ2v) is 7.10. The molecule has 0 saturated carbocycles. The van der Waals surface area contributed by atoms with Gasteiger partial charge in [0.25, 0.3) is 0 Å². The molecule has 0 aliphatic carbocycles. The number of aliphatic hydroxyl groups excluding tert-OH is 1. The minimum atomic E-state index is -0.291. The minimum Gasteiger partial charge on any atom is -0.396 e. The van der Waals surface area contributed by atoms with Gasteiger partial charge >= 0.3 is 0 Å². The molecule has 1 amide bonds. The zero-order valence-electron chi connectivity index (χ0n) is 11.4. The van der Waals surface area contributed by atoms with Gasteiger partial charge < -0.3 is 10.4 Å². The van der Waals surface area contributed by atoms with Crippen LogP contribution in [0.1, 0.15) is 20.8 Å². The van der Waals surface area contributed by atoms with Gasteiger partial charge in [-0.15, -0.1) is 11.8 Å². The van der Waals surface area contributed by atoms with Gasteiger partial charge in [0.05, 0.1) is 5.25 Å². The summed E-state index contributed by atoms with van der Waals surface area (Å²) in [6.07, 6.45) is 0. The lowest BCUT2D eigenvalue weighted by atomic mass is 9.95. The molecule has 1 unspecified atom stereocenters. The summed E-state index contributed by atoms with van der Waals surface area (Å²) in [5, 5.41) is 12.5. The number of amides is 1. The molecule has 1 aromatic carbocycles. The molecule has 0 aromatic heterocycles. The molecular formula is C14H20ClNO2S. The molecule has 1 aromatic rings. The number of halogens is 1. The van der Waals surface area contributed by atoms with Crippen molar-refractivity contribution in [2.75, 3.05) is 13.2 Å². The van der Waals surface area contributed by atoms with E-state index in [1.807, 2.05) is 45.0 Å². The van der Waals surface area contributed by atoms with Crippen LogP contribution in [0.2, 0.25) is 5.02 Å². The van der Waals surface area contributed by atoms with Crippen LogP contribution in [0, 0.1) is 5.41 Å². The average Bonchev–Trinajstić information content (AvgIpc) is 2.38. The molecule has 0 spiro atoms. The fourth-order valence-electron chi connectivity index (χ4n) is 1.30. The Balaban J connectivity index is 2.47. The summed E-state index contributed by atoms with van der Waals surface area (Å²) < 4.78 is 0. The van der Waals surface area contributed by atoms with Crippen LogP contribution in [0.3, 0.4) is 0 Å². The van der Waals surface area contributed by atoms with E-state index < -0.39 is 0 Å². The van der Waals surface area contributed by atoms with Crippen molar-refractivity contribution in [3.05, 3.63) is 29.3 Å². The number of hydrogen-bond acceptors (Lipinski definition) is 3. The lowest BCUT2D eigenvalue weighted by Crippen LogP contribution is -2.39. The molecule has 0 aliphatic heterocycles. The van der Waals surface area contributed by atoms with Crippen LogP contribution in [-0.4, -0.2) is 29.4 Å². The van der Waals surface area contributed by atoms with Gasteiger partial charge in [-0.05, 0) is 31.2 Å². The summed E-state index contributed by atoms with van der Waals surface area (Å²) in [4.78, 5) is 12.9. The predicted molar refractivity (Wildman–Crippen MR) is 80.6 cm³/mol. The van der Waals surface area contributed by atoms with Crippen molar-refractivity contribution in [1.29, 1.82) is 0 Å². The Kier molecular flexibility index (Phi) is 6.17. The number of benzene rings is 1. The SMILES string of the molecule is CC(Sc1ccc(Cl)cc1)C(=O)NCC(C)(C)CO. The number of rotatable bonds is 6. The van der Waals surface area contributed by atoms with Crippen LogP contribution >= 0.6 is 23.4 Å². The Morgan fingerprint density at radius 2 is 2.00 bits per heavy atom. The molecule has 0 bridgehead atoms. The van der Waals surface area contributed by atoms with E-state index in [1.54, 1.807) is 0 Å². The van der Waals surface area contributed by atoms with E-state index in [1.165, 1.54) is 11.8 Å². The maximum atomic E-state index is 11.9. The zero-order chi connectivity index (χ0) is 14.5. The third kappa shape index (κ3) is 5.85. The van der Waals surface area contributed by atoms with Crippen molar-refractivity contribution < 1.29 is 9.90 Å². The molecule has 3 nitrogen and oxygen atoms in total. The molecule has 19 heavy (non-hydrogen) atoms. The molecule has 0 saturated heterocycles. The molecule has 1 atom stereocenters. The van der Waals surface area contributed by atoms with Crippen LogP contribution in [0.4, 0.5) is 0 Å². The highest BCUT2D eigenvalue weighted by Gasteiger charge is 2.20. The lowest BCUT2D eigenvalue weighted by molar-refractivity contribution is -0.120. The minimum absolute atomic E-state index is 0.0264. The number of hydrogen-bond donors (Lipinski definition) is 2. The van der Waals surface area contributed by atoms with Gasteiger partial charge in [0.2, 0.25) is 5.91 Å². The smallest absolute Gasteiger partial charge is 0.233 e. The van der Waals surface area contributed by atoms with Crippen LogP contribution in [-0.2, 0) is 4.79 Å². The van der Waals surface area contributed by atoms with E-state index in [0.29, 0.717) is 11.6 Å². The van der Waals surface area contributed by atoms with Crippen molar-refractivity contribution in [3.63, 3.8) is 0 Å². The Morgan fingerprint density at radius 1 is 1.42 bits per heavy atom. The van der Waals surface area contributed by atoms with E-state index in [0.717, 1.165) is 4.90 Å². The van der Waals surface area contributed by atoms with E-state index in [-0.39, 0.29) is 23.2 Å². The molecular weight excluding hydrogens is 282 g/mol. The van der Waals surface area contributed by atoms with Gasteiger partial charge in [0.15, 0.2) is 0 Å². The van der Waals surface area contributed by atoms with Crippen LogP contribution in [0.5, 0.6) is 0 Å². The largest absolute Gasteiger partial charge is 0.396 e. The zero-order valence-corrected chi connectivity index (χ0v) is 13.0. The monoisotopic (exact) mass is 301 g/mol. The Labute approximate surface area is 123 Å². The summed E-state index contributed by atoms with van der Waals surface area (Å²) in [5.74, 6) is -0.0264. The quantitative estimate of drug-likeness (QED) is 0.794. The highest BCUT2D eigenvalue weighted by Crippen LogP contribution is 2.25. The number of carbonyl (C=O) groups excluding carboxylic acids is 1. The van der Waals surface area contributed by atoms with Crippen molar-refractivity contribution in [3.8, 4) is 0 Å². The number of nitrogens with one attached hydrogen (secondary N) is 1. The van der Waals surface area contributed by atoms with E-state index in [2.05, 4.69) is 5.32 Å². The fourth-order valence-corrected chi connectivity index (χ4v) is 2.31. The van der Waals surface area contributed by atoms with Gasteiger partial charge in [-0.1, -0.05) is 25.4 Å². The van der Waals surface area contributed by atoms with Crippen LogP contribution in [0.25, 0.3) is 0 Å². The van der Waals surface area contributed by atoms with Crippen molar-refractivity contribution in [1.82, 2.24) is 5.32 Å². The lowest BCUT2D eigenvalue weighted by Gasteiger charge is -2.23. The van der Waals surface area contributed by atoms with Crippen molar-refractivity contribution in [2.24, 2.45) is 5.41 Å². The summed E-state index contributed by atoms with van der Waals surface area (Å²) in [5.41, 5.74) is -0.291. The van der Waals surface area contributed by atoms with Crippen molar-refractivity contribution >= 4 is 29.3 Å². The first-order valence-corrected chi connectivity index (χ1v) is 7.40. The molecule has 5 heteroatoms. The Bertz CT molecular complexity index is 420. The summed E-state index contributed by atoms with van der Waals surface area (Å²) in [6, 6.07) is 7.41. The van der Waals surface area contributed by atoms with Gasteiger partial charge in [0, 0.05) is 28.5 Å². The second kappa shape index (κ2) is 7.17. The Hall–Kier alpha value is -0.710. The topological polar surface area (TPSA) is 49.3 Å². The third-order valence-electron chi connectivity index (χ3n) is 2.66. The molecule has 106 valence electrons. The van der Waals surface area contributed by atoms with Gasteiger partial charge in [-0.25, -0.2) is 0 Å². The maximum absolute atomic E-state index is 11.9. The fraction of sp³-hybridized carbons (Fsp3) is 0.500. The normalized spacial score (nSPS) is 13.1. The second-order valence-electron chi connectivity index (χ2n) is 5.25. The van der Waals surface area contributed by atoms with E-state index >= 15 is 0 Å². The number of carbonyl (C=O) groups is 1. The van der Waals surface area contributed by atoms with Crippen LogP contribution in [0.15, 0.2) is 29.2 Å². The number of aliphatic hydroxyl groups is 1. The highest BCUT2D eigenvalue weighted by atomic mass is 35.5. The average molecular weight is 302 g/mol. The highest BCUT2D eigenvalue weighted by molar-refractivity contribution is 8.00. The standard InChI is InChI=1S/C14H20ClNO2S/c1-10(13(18)16-8-14(2,3)9-17)19-12-6-4-11(15)5-7-12/h4-7,10,17H,8-9H2,1-3H3,(H,16,18). The van der Waals surface area contributed by atoms with Crippen molar-refractivity contribution in [2.45, 2.75) is 30.9 Å². The van der Waals surface area contributed by atoms with Crippen LogP contribution < -0.4 is 5.32 Å². The maximum Gasteiger partial charge on any atom is 0.233 e. The van der Waals surface area contributed by atoms with E-state index in [9.17, 15) is 4.79 Å². The summed E-state index contributed by atoms with van der Waals surface area (Å²) in [7, 11) is 0. The van der Waals surface area contributed by atoms with E-state index in [4.69, 9.17) is 16.7 Å².